The van der Waals surface area contributed by atoms with Crippen LogP contribution in [0.5, 0.6) is 0 Å². The van der Waals surface area contributed by atoms with Gasteiger partial charge in [-0.2, -0.15) is 4.68 Å². The topological polar surface area (TPSA) is 75.9 Å². The summed E-state index contributed by atoms with van der Waals surface area (Å²) in [4.78, 5) is 14.7. The maximum absolute atomic E-state index is 12.5. The molecular formula is C20H21ClN6O. The van der Waals surface area contributed by atoms with Crippen LogP contribution in [0.3, 0.4) is 0 Å². The summed E-state index contributed by atoms with van der Waals surface area (Å²) in [5, 5.41) is 15.8. The molecule has 144 valence electrons. The van der Waals surface area contributed by atoms with Crippen LogP contribution in [0.25, 0.3) is 5.69 Å². The van der Waals surface area contributed by atoms with Crippen LogP contribution in [-0.4, -0.2) is 39.2 Å². The van der Waals surface area contributed by atoms with Crippen LogP contribution in [0.1, 0.15) is 18.4 Å². The zero-order valence-electron chi connectivity index (χ0n) is 15.3. The Morgan fingerprint density at radius 2 is 1.79 bits per heavy atom. The molecule has 0 radical (unpaired) electrons. The predicted octanol–water partition coefficient (Wildman–Crippen LogP) is 2.85. The number of benzene rings is 2. The Bertz CT molecular complexity index is 919. The first-order valence-electron chi connectivity index (χ1n) is 9.31. The molecule has 2 heterocycles. The first kappa shape index (κ1) is 18.4. The fourth-order valence-electron chi connectivity index (χ4n) is 3.39. The molecule has 0 atom stereocenters. The zero-order valence-corrected chi connectivity index (χ0v) is 16.1. The largest absolute Gasteiger partial charge is 0.352 e. The molecule has 1 aromatic heterocycles. The highest BCUT2D eigenvalue weighted by Gasteiger charge is 2.27. The lowest BCUT2D eigenvalue weighted by Crippen LogP contribution is -2.41. The van der Waals surface area contributed by atoms with Crippen LogP contribution in [0.15, 0.2) is 54.6 Å². The lowest BCUT2D eigenvalue weighted by molar-refractivity contribution is -0.125. The van der Waals surface area contributed by atoms with Gasteiger partial charge in [0.25, 0.3) is 0 Å². The van der Waals surface area contributed by atoms with Gasteiger partial charge in [-0.15, -0.1) is 0 Å². The minimum Gasteiger partial charge on any atom is -0.352 e. The number of nitrogens with one attached hydrogen (secondary N) is 1. The third-order valence-corrected chi connectivity index (χ3v) is 5.23. The standard InChI is InChI=1S/C20H21ClN6O/c21-17-8-6-15(7-9-17)14-22-19(28)16-10-12-26(13-11-16)20-23-24-25-27(20)18-4-2-1-3-5-18/h1-9,16H,10-14H2,(H,22,28). The molecule has 0 saturated carbocycles. The Balaban J connectivity index is 1.33. The van der Waals surface area contributed by atoms with Gasteiger partial charge in [0.15, 0.2) is 0 Å². The van der Waals surface area contributed by atoms with Gasteiger partial charge in [-0.1, -0.05) is 47.0 Å². The molecule has 1 aliphatic rings. The van der Waals surface area contributed by atoms with E-state index in [1.54, 1.807) is 4.68 Å². The molecule has 1 aliphatic heterocycles. The molecule has 0 bridgehead atoms. The molecule has 1 fully saturated rings. The van der Waals surface area contributed by atoms with Crippen LogP contribution in [-0.2, 0) is 11.3 Å². The van der Waals surface area contributed by atoms with Gasteiger partial charge in [0.1, 0.15) is 0 Å². The van der Waals surface area contributed by atoms with E-state index in [4.69, 9.17) is 11.6 Å². The smallest absolute Gasteiger partial charge is 0.250 e. The summed E-state index contributed by atoms with van der Waals surface area (Å²) >= 11 is 5.89. The van der Waals surface area contributed by atoms with Crippen LogP contribution in [0.4, 0.5) is 5.95 Å². The second-order valence-corrected chi connectivity index (χ2v) is 7.27. The van der Waals surface area contributed by atoms with E-state index in [1.165, 1.54) is 0 Å². The number of anilines is 1. The Kier molecular flexibility index (Phi) is 5.53. The predicted molar refractivity (Wildman–Crippen MR) is 107 cm³/mol. The average Bonchev–Trinajstić information content (AvgIpc) is 3.24. The molecular weight excluding hydrogens is 376 g/mol. The average molecular weight is 397 g/mol. The Labute approximate surface area is 168 Å². The molecule has 1 amide bonds. The maximum atomic E-state index is 12.5. The highest BCUT2D eigenvalue weighted by atomic mass is 35.5. The monoisotopic (exact) mass is 396 g/mol. The molecule has 8 heteroatoms. The molecule has 1 N–H and O–H groups in total. The van der Waals surface area contributed by atoms with Crippen molar-refractivity contribution in [2.75, 3.05) is 18.0 Å². The number of hydrogen-bond acceptors (Lipinski definition) is 5. The van der Waals surface area contributed by atoms with E-state index in [0.717, 1.165) is 37.2 Å². The summed E-state index contributed by atoms with van der Waals surface area (Å²) in [5.41, 5.74) is 1.96. The van der Waals surface area contributed by atoms with Gasteiger partial charge >= 0.3 is 0 Å². The minimum atomic E-state index is 0.00426. The SMILES string of the molecule is O=C(NCc1ccc(Cl)cc1)C1CCN(c2nnnn2-c2ccccc2)CC1. The molecule has 28 heavy (non-hydrogen) atoms. The molecule has 7 nitrogen and oxygen atoms in total. The van der Waals surface area contributed by atoms with Crippen molar-refractivity contribution in [1.82, 2.24) is 25.5 Å². The van der Waals surface area contributed by atoms with E-state index < -0.39 is 0 Å². The summed E-state index contributed by atoms with van der Waals surface area (Å²) < 4.78 is 1.74. The van der Waals surface area contributed by atoms with E-state index in [2.05, 4.69) is 25.7 Å². The van der Waals surface area contributed by atoms with Crippen molar-refractivity contribution in [1.29, 1.82) is 0 Å². The molecule has 4 rings (SSSR count). The molecule has 3 aromatic rings. The van der Waals surface area contributed by atoms with Gasteiger partial charge in [0, 0.05) is 30.6 Å². The van der Waals surface area contributed by atoms with Gasteiger partial charge in [-0.25, -0.2) is 0 Å². The zero-order chi connectivity index (χ0) is 19.3. The summed E-state index contributed by atoms with van der Waals surface area (Å²) in [6.07, 6.45) is 1.54. The first-order valence-corrected chi connectivity index (χ1v) is 9.69. The maximum Gasteiger partial charge on any atom is 0.250 e. The van der Waals surface area contributed by atoms with Gasteiger partial charge in [-0.05, 0) is 53.1 Å². The van der Waals surface area contributed by atoms with E-state index in [-0.39, 0.29) is 11.8 Å². The van der Waals surface area contributed by atoms with Crippen molar-refractivity contribution >= 4 is 23.5 Å². The number of amides is 1. The number of carbonyl (C=O) groups is 1. The molecule has 1 saturated heterocycles. The lowest BCUT2D eigenvalue weighted by Gasteiger charge is -2.31. The quantitative estimate of drug-likeness (QED) is 0.717. The van der Waals surface area contributed by atoms with Crippen LogP contribution in [0, 0.1) is 5.92 Å². The van der Waals surface area contributed by atoms with Crippen LogP contribution < -0.4 is 10.2 Å². The van der Waals surface area contributed by atoms with E-state index >= 15 is 0 Å². The number of piperidine rings is 1. The van der Waals surface area contributed by atoms with Gasteiger partial charge < -0.3 is 10.2 Å². The second-order valence-electron chi connectivity index (χ2n) is 6.83. The Hall–Kier alpha value is -2.93. The van der Waals surface area contributed by atoms with Gasteiger partial charge in [0.05, 0.1) is 5.69 Å². The summed E-state index contributed by atoms with van der Waals surface area (Å²) in [7, 11) is 0. The second kappa shape index (κ2) is 8.39. The molecule has 0 aliphatic carbocycles. The molecule has 0 unspecified atom stereocenters. The normalized spacial score (nSPS) is 14.8. The van der Waals surface area contributed by atoms with Crippen molar-refractivity contribution in [3.8, 4) is 5.69 Å². The fourth-order valence-corrected chi connectivity index (χ4v) is 3.52. The van der Waals surface area contributed by atoms with Crippen molar-refractivity contribution in [2.45, 2.75) is 19.4 Å². The number of rotatable bonds is 5. The van der Waals surface area contributed by atoms with Gasteiger partial charge in [-0.3, -0.25) is 4.79 Å². The number of hydrogen-bond donors (Lipinski definition) is 1. The fraction of sp³-hybridized carbons (Fsp3) is 0.300. The van der Waals surface area contributed by atoms with Crippen molar-refractivity contribution < 1.29 is 4.79 Å². The minimum absolute atomic E-state index is 0.00426. The molecule has 2 aromatic carbocycles. The lowest BCUT2D eigenvalue weighted by atomic mass is 9.96. The molecule has 0 spiro atoms. The highest BCUT2D eigenvalue weighted by Crippen LogP contribution is 2.23. The summed E-state index contributed by atoms with van der Waals surface area (Å²) in [6, 6.07) is 17.3. The number of carbonyl (C=O) groups excluding carboxylic acids is 1. The highest BCUT2D eigenvalue weighted by molar-refractivity contribution is 6.30. The van der Waals surface area contributed by atoms with E-state index in [9.17, 15) is 4.79 Å². The Morgan fingerprint density at radius 3 is 2.50 bits per heavy atom. The number of halogens is 1. The number of aromatic nitrogens is 4. The van der Waals surface area contributed by atoms with Crippen molar-refractivity contribution in [2.24, 2.45) is 5.92 Å². The Morgan fingerprint density at radius 1 is 1.07 bits per heavy atom. The van der Waals surface area contributed by atoms with Crippen LogP contribution >= 0.6 is 11.6 Å². The third kappa shape index (κ3) is 4.14. The van der Waals surface area contributed by atoms with E-state index in [0.29, 0.717) is 17.5 Å². The number of tetrazole rings is 1. The van der Waals surface area contributed by atoms with Crippen molar-refractivity contribution in [3.63, 3.8) is 0 Å². The number of nitrogens with zero attached hydrogens (tertiary/aromatic N) is 5. The third-order valence-electron chi connectivity index (χ3n) is 4.98. The van der Waals surface area contributed by atoms with Gasteiger partial charge in [0.2, 0.25) is 11.9 Å². The number of para-hydroxylation sites is 1. The van der Waals surface area contributed by atoms with Crippen molar-refractivity contribution in [3.05, 3.63) is 65.2 Å². The first-order chi connectivity index (χ1) is 13.7. The van der Waals surface area contributed by atoms with Crippen LogP contribution in [0.2, 0.25) is 5.02 Å². The van der Waals surface area contributed by atoms with E-state index in [1.807, 2.05) is 54.6 Å². The summed E-state index contributed by atoms with van der Waals surface area (Å²) in [5.74, 6) is 0.813. The summed E-state index contributed by atoms with van der Waals surface area (Å²) in [6.45, 7) is 2.00.